The second kappa shape index (κ2) is 14.9. The van der Waals surface area contributed by atoms with E-state index in [-0.39, 0.29) is 24.3 Å². The van der Waals surface area contributed by atoms with Crippen LogP contribution in [-0.4, -0.2) is 72.2 Å². The third kappa shape index (κ3) is 7.21. The summed E-state index contributed by atoms with van der Waals surface area (Å²) >= 11 is 0. The van der Waals surface area contributed by atoms with Gasteiger partial charge in [-0.05, 0) is 116 Å². The molecule has 290 valence electrons. The molecule has 0 spiro atoms. The lowest BCUT2D eigenvalue weighted by Gasteiger charge is -2.26. The number of methoxy groups -OCH3 is 1. The molecule has 10 nitrogen and oxygen atoms in total. The number of amides is 2. The van der Waals surface area contributed by atoms with Crippen molar-refractivity contribution in [2.24, 2.45) is 0 Å². The molecule has 4 aliphatic heterocycles. The molecule has 56 heavy (non-hydrogen) atoms. The van der Waals surface area contributed by atoms with Gasteiger partial charge in [-0.25, -0.2) is 0 Å². The molecule has 4 aromatic rings. The van der Waals surface area contributed by atoms with Crippen LogP contribution in [0, 0.1) is 20.8 Å². The molecule has 0 fully saturated rings. The zero-order chi connectivity index (χ0) is 39.3. The number of carbonyl (C=O) groups excluding carboxylic acids is 2. The van der Waals surface area contributed by atoms with Gasteiger partial charge in [0.1, 0.15) is 11.0 Å². The molecule has 3 atom stereocenters. The molecule has 4 aromatic carbocycles. The molecule has 0 bridgehead atoms. The third-order valence-corrected chi connectivity index (χ3v) is 12.8. The number of ether oxygens (including phenoxy) is 3. The fourth-order valence-corrected chi connectivity index (χ4v) is 9.45. The lowest BCUT2D eigenvalue weighted by atomic mass is 9.96. The quantitative estimate of drug-likeness (QED) is 0.128. The predicted octanol–water partition coefficient (Wildman–Crippen LogP) is 7.74. The van der Waals surface area contributed by atoms with Crippen LogP contribution in [0.15, 0.2) is 85.2 Å². The van der Waals surface area contributed by atoms with Gasteiger partial charge >= 0.3 is 0 Å². The average molecular weight is 775 g/mol. The number of benzene rings is 4. The first kappa shape index (κ1) is 37.5. The van der Waals surface area contributed by atoms with E-state index in [4.69, 9.17) is 14.2 Å². The van der Waals surface area contributed by atoms with Crippen LogP contribution in [0.3, 0.4) is 0 Å². The van der Waals surface area contributed by atoms with Crippen molar-refractivity contribution in [2.45, 2.75) is 76.6 Å². The van der Waals surface area contributed by atoms with Crippen LogP contribution in [0.1, 0.15) is 85.3 Å². The first-order valence-electron chi connectivity index (χ1n) is 19.1. The Bertz CT molecular complexity index is 2380. The third-order valence-electron chi connectivity index (χ3n) is 11.6. The van der Waals surface area contributed by atoms with Crippen LogP contribution in [0.4, 0.5) is 0 Å². The van der Waals surface area contributed by atoms with E-state index in [0.717, 1.165) is 52.7 Å². The van der Waals surface area contributed by atoms with Crippen LogP contribution in [0.2, 0.25) is 0 Å². The number of aryl methyl sites for hydroxylation is 4. The maximum atomic E-state index is 13.9. The average Bonchev–Trinajstić information content (AvgIpc) is 3.76. The molecule has 0 saturated carbocycles. The Kier molecular flexibility index (Phi) is 10.0. The number of nitrogens with zero attached hydrogens (tertiary/aromatic N) is 2. The zero-order valence-corrected chi connectivity index (χ0v) is 32.9. The molecular weight excluding hydrogens is 729 g/mol. The van der Waals surface area contributed by atoms with Crippen LogP contribution in [0.5, 0.6) is 17.2 Å². The zero-order valence-electron chi connectivity index (χ0n) is 32.1. The minimum absolute atomic E-state index is 0.0286. The smallest absolute Gasteiger partial charge is 0.270 e. The van der Waals surface area contributed by atoms with E-state index >= 15 is 0 Å². The Morgan fingerprint density at radius 2 is 1.27 bits per heavy atom. The van der Waals surface area contributed by atoms with E-state index in [0.29, 0.717) is 60.0 Å². The summed E-state index contributed by atoms with van der Waals surface area (Å²) in [6, 6.07) is 22.8. The summed E-state index contributed by atoms with van der Waals surface area (Å²) < 4.78 is 54.0. The van der Waals surface area contributed by atoms with Gasteiger partial charge in [-0.15, -0.1) is 0 Å². The molecule has 4 aliphatic rings. The highest BCUT2D eigenvalue weighted by molar-refractivity contribution is 7.86. The van der Waals surface area contributed by atoms with E-state index in [9.17, 15) is 22.6 Å². The van der Waals surface area contributed by atoms with Gasteiger partial charge in [0.15, 0.2) is 11.5 Å². The van der Waals surface area contributed by atoms with Gasteiger partial charge in [0.25, 0.3) is 21.9 Å². The summed E-state index contributed by atoms with van der Waals surface area (Å²) in [6.45, 7) is 6.53. The van der Waals surface area contributed by atoms with Crippen molar-refractivity contribution in [1.82, 2.24) is 9.80 Å². The summed E-state index contributed by atoms with van der Waals surface area (Å²) in [5, 5.41) is -1.20. The fraction of sp³-hybridized carbons (Fsp3) is 0.333. The van der Waals surface area contributed by atoms with Crippen LogP contribution in [-0.2, 0) is 23.0 Å². The number of rotatable bonds is 10. The first-order chi connectivity index (χ1) is 26.9. The maximum absolute atomic E-state index is 13.9. The van der Waals surface area contributed by atoms with Crippen LogP contribution < -0.4 is 14.2 Å². The van der Waals surface area contributed by atoms with Gasteiger partial charge in [-0.3, -0.25) is 14.1 Å². The molecule has 0 aromatic heterocycles. The van der Waals surface area contributed by atoms with Crippen molar-refractivity contribution < 1.29 is 36.8 Å². The van der Waals surface area contributed by atoms with E-state index in [1.807, 2.05) is 55.3 Å². The molecule has 0 aliphatic carbocycles. The predicted molar refractivity (Wildman–Crippen MR) is 215 cm³/mol. The van der Waals surface area contributed by atoms with Gasteiger partial charge in [-0.2, -0.15) is 8.42 Å². The number of carbonyl (C=O) groups is 2. The second-order valence-electron chi connectivity index (χ2n) is 15.4. The highest BCUT2D eigenvalue weighted by Gasteiger charge is 2.45. The van der Waals surface area contributed by atoms with Gasteiger partial charge < -0.3 is 24.0 Å². The summed E-state index contributed by atoms with van der Waals surface area (Å²) in [5.41, 5.74) is 9.58. The molecule has 1 N–H and O–H groups in total. The number of hydrogen-bond donors (Lipinski definition) is 1. The van der Waals surface area contributed by atoms with Crippen molar-refractivity contribution in [3.63, 3.8) is 0 Å². The van der Waals surface area contributed by atoms with Crippen molar-refractivity contribution >= 4 is 33.1 Å². The van der Waals surface area contributed by atoms with Gasteiger partial charge in [-0.1, -0.05) is 59.7 Å². The van der Waals surface area contributed by atoms with Crippen molar-refractivity contribution in [1.29, 1.82) is 0 Å². The van der Waals surface area contributed by atoms with Crippen LogP contribution >= 0.6 is 0 Å². The fourth-order valence-electron chi connectivity index (χ4n) is 8.44. The Morgan fingerprint density at radius 3 is 1.91 bits per heavy atom. The van der Waals surface area contributed by atoms with E-state index in [2.05, 4.69) is 31.2 Å². The van der Waals surface area contributed by atoms with E-state index in [1.165, 1.54) is 16.0 Å². The minimum atomic E-state index is -4.51. The Hall–Kier alpha value is -5.39. The largest absolute Gasteiger partial charge is 0.493 e. The topological polar surface area (TPSA) is 123 Å². The molecular formula is C45H46N2O8S. The van der Waals surface area contributed by atoms with E-state index in [1.54, 1.807) is 31.5 Å². The molecule has 8 rings (SSSR count). The standard InChI is InChI=1S/C45H46N2O8S/c1-27-6-10-30(11-7-27)34-19-36-15-14-32-21-42(41(53-4)24-38(32)44(48)46(36)25-34)55-17-5-16-54-40-22-33-23-43(56(50,51)52)39-20-35(31-12-8-28(2)9-13-31)26-47(39)45(49)37(33)18-29(40)3/h6-13,18,21-22,24-26,36,39,43H,5,14-17,19-20,23H2,1-4H3,(H,50,51,52)/t36-,39+,43?/m1/s1. The van der Waals surface area contributed by atoms with Gasteiger partial charge in [0.05, 0.1) is 26.4 Å². The minimum Gasteiger partial charge on any atom is -0.493 e. The highest BCUT2D eigenvalue weighted by Crippen LogP contribution is 2.41. The van der Waals surface area contributed by atoms with Gasteiger partial charge in [0, 0.05) is 36.0 Å². The van der Waals surface area contributed by atoms with Crippen LogP contribution in [0.25, 0.3) is 11.1 Å². The maximum Gasteiger partial charge on any atom is 0.270 e. The lowest BCUT2D eigenvalue weighted by molar-refractivity contribution is 0.0780. The summed E-state index contributed by atoms with van der Waals surface area (Å²) in [7, 11) is -2.94. The van der Waals surface area contributed by atoms with Crippen molar-refractivity contribution in [3.8, 4) is 17.2 Å². The SMILES string of the molecule is COc1cc2c(cc1OCCCOc1cc3c(cc1C)C(=O)N1C=C(c4ccc(C)cc4)C[C@H]1C(S(=O)(=O)O)C3)CC[C@@H]1CC(c3ccc(C)cc3)=CN1C2=O. The van der Waals surface area contributed by atoms with Gasteiger partial charge in [0.2, 0.25) is 0 Å². The Labute approximate surface area is 328 Å². The van der Waals surface area contributed by atoms with E-state index < -0.39 is 21.4 Å². The number of hydrogen-bond acceptors (Lipinski definition) is 7. The molecule has 2 amide bonds. The summed E-state index contributed by atoms with van der Waals surface area (Å²) in [5.74, 6) is 1.24. The molecule has 1 unspecified atom stereocenters. The highest BCUT2D eigenvalue weighted by atomic mass is 32.2. The second-order valence-corrected chi connectivity index (χ2v) is 17.0. The van der Waals surface area contributed by atoms with Crippen molar-refractivity contribution in [3.05, 3.63) is 135 Å². The Morgan fingerprint density at radius 1 is 0.696 bits per heavy atom. The lowest BCUT2D eigenvalue weighted by Crippen LogP contribution is -2.43. The summed E-state index contributed by atoms with van der Waals surface area (Å²) in [6.07, 6.45) is 6.93. The molecule has 11 heteroatoms. The number of fused-ring (bicyclic) bond motifs is 4. The molecule has 0 saturated heterocycles. The first-order valence-corrected chi connectivity index (χ1v) is 20.7. The van der Waals surface area contributed by atoms with Crippen molar-refractivity contribution in [2.75, 3.05) is 20.3 Å². The molecule has 0 radical (unpaired) electrons. The normalized spacial score (nSPS) is 20.3. The Balaban J connectivity index is 0.933. The monoisotopic (exact) mass is 774 g/mol. The summed E-state index contributed by atoms with van der Waals surface area (Å²) in [4.78, 5) is 31.1. The molecule has 4 heterocycles.